The molecule has 1 rings (SSSR count). The van der Waals surface area contributed by atoms with Crippen molar-refractivity contribution in [3.05, 3.63) is 32.5 Å². The number of nitrogens with one attached hydrogen (secondary N) is 1. The van der Waals surface area contributed by atoms with E-state index in [1.165, 1.54) is 6.92 Å². The van der Waals surface area contributed by atoms with Crippen LogP contribution in [0.15, 0.2) is 16.6 Å². The van der Waals surface area contributed by atoms with Gasteiger partial charge in [-0.3, -0.25) is 14.9 Å². The maximum atomic E-state index is 13.2. The van der Waals surface area contributed by atoms with Crippen LogP contribution in [0.4, 0.5) is 15.8 Å². The Kier molecular flexibility index (Phi) is 3.35. The number of carbonyl (C=O) groups excluding carboxylic acids is 1. The topological polar surface area (TPSA) is 72.2 Å². The van der Waals surface area contributed by atoms with Gasteiger partial charge in [0.05, 0.1) is 10.6 Å². The van der Waals surface area contributed by atoms with Crippen molar-refractivity contribution in [1.82, 2.24) is 0 Å². The predicted molar refractivity (Wildman–Crippen MR) is 55.1 cm³/mol. The molecule has 1 aromatic carbocycles. The molecule has 0 atom stereocenters. The number of nitro benzene ring substituents is 1. The van der Waals surface area contributed by atoms with Gasteiger partial charge in [-0.15, -0.1) is 0 Å². The van der Waals surface area contributed by atoms with Crippen molar-refractivity contribution in [2.24, 2.45) is 0 Å². The van der Waals surface area contributed by atoms with Crippen LogP contribution in [0.3, 0.4) is 0 Å². The molecule has 1 N–H and O–H groups in total. The van der Waals surface area contributed by atoms with E-state index in [1.54, 1.807) is 0 Å². The Balaban J connectivity index is 3.29. The summed E-state index contributed by atoms with van der Waals surface area (Å²) in [7, 11) is 0. The lowest BCUT2D eigenvalue weighted by atomic mass is 10.2. The molecule has 0 saturated carbocycles. The minimum absolute atomic E-state index is 0.0808. The first-order valence-corrected chi connectivity index (χ1v) is 4.62. The maximum Gasteiger partial charge on any atom is 0.285 e. The molecule has 0 aliphatic heterocycles. The fourth-order valence-electron chi connectivity index (χ4n) is 0.973. The molecular formula is C8H6BrFN2O3. The molecular weight excluding hydrogens is 271 g/mol. The summed E-state index contributed by atoms with van der Waals surface area (Å²) in [6, 6.07) is 1.94. The highest BCUT2D eigenvalue weighted by Gasteiger charge is 2.19. The highest BCUT2D eigenvalue weighted by atomic mass is 79.9. The average Bonchev–Trinajstić information content (AvgIpc) is 2.11. The highest BCUT2D eigenvalue weighted by Crippen LogP contribution is 2.34. The fourth-order valence-corrected chi connectivity index (χ4v) is 1.54. The van der Waals surface area contributed by atoms with Crippen LogP contribution in [0, 0.1) is 15.9 Å². The smallest absolute Gasteiger partial charge is 0.285 e. The Hall–Kier alpha value is -1.50. The Labute approximate surface area is 92.6 Å². The second-order valence-corrected chi connectivity index (χ2v) is 3.49. The molecule has 0 fully saturated rings. The van der Waals surface area contributed by atoms with Crippen LogP contribution in [-0.4, -0.2) is 10.8 Å². The summed E-state index contributed by atoms with van der Waals surface area (Å²) in [6.45, 7) is 1.19. The van der Waals surface area contributed by atoms with Gasteiger partial charge in [0.25, 0.3) is 5.69 Å². The molecule has 0 spiro atoms. The van der Waals surface area contributed by atoms with Gasteiger partial charge in [-0.25, -0.2) is 4.39 Å². The zero-order chi connectivity index (χ0) is 11.6. The van der Waals surface area contributed by atoms with Gasteiger partial charge < -0.3 is 5.32 Å². The number of rotatable bonds is 2. The van der Waals surface area contributed by atoms with Crippen LogP contribution in [0.5, 0.6) is 0 Å². The van der Waals surface area contributed by atoms with Gasteiger partial charge >= 0.3 is 0 Å². The van der Waals surface area contributed by atoms with Gasteiger partial charge in [-0.2, -0.15) is 0 Å². The van der Waals surface area contributed by atoms with Gasteiger partial charge in [-0.05, 0) is 22.0 Å². The lowest BCUT2D eigenvalue weighted by molar-refractivity contribution is -0.385. The van der Waals surface area contributed by atoms with Crippen LogP contribution in [0.2, 0.25) is 0 Å². The molecule has 0 radical (unpaired) electrons. The van der Waals surface area contributed by atoms with Gasteiger partial charge in [0.1, 0.15) is 10.3 Å². The number of amides is 1. The molecule has 0 aliphatic carbocycles. The fraction of sp³-hybridized carbons (Fsp3) is 0.125. The van der Waals surface area contributed by atoms with E-state index < -0.39 is 16.6 Å². The number of anilines is 1. The monoisotopic (exact) mass is 276 g/mol. The molecule has 0 bridgehead atoms. The Bertz CT molecular complexity index is 436. The molecule has 7 heteroatoms. The average molecular weight is 277 g/mol. The summed E-state index contributed by atoms with van der Waals surface area (Å²) in [6.07, 6.45) is 0. The second-order valence-electron chi connectivity index (χ2n) is 2.69. The van der Waals surface area contributed by atoms with E-state index in [0.717, 1.165) is 12.1 Å². The summed E-state index contributed by atoms with van der Waals surface area (Å²) in [5.41, 5.74) is -0.531. The van der Waals surface area contributed by atoms with Crippen LogP contribution in [0.25, 0.3) is 0 Å². The molecule has 15 heavy (non-hydrogen) atoms. The highest BCUT2D eigenvalue weighted by molar-refractivity contribution is 9.10. The quantitative estimate of drug-likeness (QED) is 0.666. The molecule has 1 amide bonds. The normalized spacial score (nSPS) is 9.80. The predicted octanol–water partition coefficient (Wildman–Crippen LogP) is 2.45. The largest absolute Gasteiger partial charge is 0.323 e. The van der Waals surface area contributed by atoms with Gasteiger partial charge in [-0.1, -0.05) is 0 Å². The second kappa shape index (κ2) is 4.35. The van der Waals surface area contributed by atoms with Crippen molar-refractivity contribution >= 4 is 33.2 Å². The third kappa shape index (κ3) is 2.50. The van der Waals surface area contributed by atoms with Gasteiger partial charge in [0, 0.05) is 13.0 Å². The van der Waals surface area contributed by atoms with E-state index in [9.17, 15) is 19.3 Å². The maximum absolute atomic E-state index is 13.2. The summed E-state index contributed by atoms with van der Waals surface area (Å²) < 4.78 is 13.1. The summed E-state index contributed by atoms with van der Waals surface area (Å²) >= 11 is 2.86. The Morgan fingerprint density at radius 2 is 2.20 bits per heavy atom. The van der Waals surface area contributed by atoms with E-state index in [4.69, 9.17) is 0 Å². The van der Waals surface area contributed by atoms with Crippen molar-refractivity contribution in [3.8, 4) is 0 Å². The number of hydrogen-bond acceptors (Lipinski definition) is 3. The molecule has 0 unspecified atom stereocenters. The summed E-state index contributed by atoms with van der Waals surface area (Å²) in [5, 5.41) is 12.7. The third-order valence-electron chi connectivity index (χ3n) is 1.57. The number of nitrogens with zero attached hydrogens (tertiary/aromatic N) is 1. The molecule has 0 aliphatic rings. The van der Waals surface area contributed by atoms with Crippen molar-refractivity contribution in [1.29, 1.82) is 0 Å². The van der Waals surface area contributed by atoms with Gasteiger partial charge in [0.2, 0.25) is 5.91 Å². The lowest BCUT2D eigenvalue weighted by Gasteiger charge is -2.06. The standard InChI is InChI=1S/C8H6BrFN2O3/c1-4(13)11-8-5(10)2-3-6(7(8)9)12(14)15/h2-3H,1H3,(H,11,13). The zero-order valence-electron chi connectivity index (χ0n) is 7.58. The first kappa shape index (κ1) is 11.6. The molecule has 5 nitrogen and oxygen atoms in total. The van der Waals surface area contributed by atoms with Crippen LogP contribution in [0.1, 0.15) is 6.92 Å². The number of halogens is 2. The summed E-state index contributed by atoms with van der Waals surface area (Å²) in [4.78, 5) is 20.6. The van der Waals surface area contributed by atoms with Crippen molar-refractivity contribution in [2.75, 3.05) is 5.32 Å². The van der Waals surface area contributed by atoms with Crippen LogP contribution < -0.4 is 5.32 Å². The van der Waals surface area contributed by atoms with Crippen molar-refractivity contribution in [3.63, 3.8) is 0 Å². The van der Waals surface area contributed by atoms with Crippen LogP contribution in [-0.2, 0) is 4.79 Å². The number of benzene rings is 1. The first-order chi connectivity index (χ1) is 6.93. The summed E-state index contributed by atoms with van der Waals surface area (Å²) in [5.74, 6) is -1.24. The third-order valence-corrected chi connectivity index (χ3v) is 2.37. The van der Waals surface area contributed by atoms with Crippen molar-refractivity contribution < 1.29 is 14.1 Å². The molecule has 1 aromatic rings. The van der Waals surface area contributed by atoms with E-state index in [-0.39, 0.29) is 15.8 Å². The first-order valence-electron chi connectivity index (χ1n) is 3.83. The Morgan fingerprint density at radius 1 is 1.60 bits per heavy atom. The van der Waals surface area contributed by atoms with E-state index in [0.29, 0.717) is 0 Å². The van der Waals surface area contributed by atoms with Crippen molar-refractivity contribution in [2.45, 2.75) is 6.92 Å². The molecule has 0 saturated heterocycles. The molecule has 0 heterocycles. The molecule has 0 aromatic heterocycles. The zero-order valence-corrected chi connectivity index (χ0v) is 9.17. The minimum atomic E-state index is -0.734. The number of hydrogen-bond donors (Lipinski definition) is 1. The SMILES string of the molecule is CC(=O)Nc1c(F)ccc([N+](=O)[O-])c1Br. The molecule has 80 valence electrons. The van der Waals surface area contributed by atoms with Gasteiger partial charge in [0.15, 0.2) is 0 Å². The number of nitro groups is 1. The number of carbonyl (C=O) groups is 1. The van der Waals surface area contributed by atoms with E-state index >= 15 is 0 Å². The van der Waals surface area contributed by atoms with E-state index in [2.05, 4.69) is 21.2 Å². The Morgan fingerprint density at radius 3 is 2.67 bits per heavy atom. The van der Waals surface area contributed by atoms with Crippen LogP contribution >= 0.6 is 15.9 Å². The minimum Gasteiger partial charge on any atom is -0.323 e. The van der Waals surface area contributed by atoms with E-state index in [1.807, 2.05) is 0 Å². The lowest BCUT2D eigenvalue weighted by Crippen LogP contribution is -2.09.